The molecular weight excluding hydrogens is 357 g/mol. The Morgan fingerprint density at radius 3 is 2.40 bits per heavy atom. The van der Waals surface area contributed by atoms with E-state index in [9.17, 15) is 4.79 Å². The second kappa shape index (κ2) is 6.75. The molecule has 0 amide bonds. The van der Waals surface area contributed by atoms with Crippen molar-refractivity contribution in [3.8, 4) is 16.8 Å². The molecule has 0 bridgehead atoms. The van der Waals surface area contributed by atoms with Crippen LogP contribution in [0, 0.1) is 6.92 Å². The predicted molar refractivity (Wildman–Crippen MR) is 104 cm³/mol. The zero-order chi connectivity index (χ0) is 16.7. The SMILES string of the molecule is Cc1ncc2c(=O)n(-c3ccc(Cl)cc3)[nH]c2c1-c1ccccc1.Cl. The number of halogens is 2. The van der Waals surface area contributed by atoms with Gasteiger partial charge in [-0.05, 0) is 36.8 Å². The smallest absolute Gasteiger partial charge is 0.280 e. The molecule has 0 atom stereocenters. The van der Waals surface area contributed by atoms with Crippen molar-refractivity contribution in [2.45, 2.75) is 6.92 Å². The molecule has 0 fully saturated rings. The van der Waals surface area contributed by atoms with Crippen molar-refractivity contribution >= 4 is 34.9 Å². The minimum atomic E-state index is -0.128. The number of nitrogens with one attached hydrogen (secondary N) is 1. The van der Waals surface area contributed by atoms with Gasteiger partial charge in [-0.3, -0.25) is 14.9 Å². The highest BCUT2D eigenvalue weighted by atomic mass is 35.5. The van der Waals surface area contributed by atoms with Gasteiger partial charge >= 0.3 is 0 Å². The maximum atomic E-state index is 12.8. The minimum absolute atomic E-state index is 0. The second-order valence-electron chi connectivity index (χ2n) is 5.60. The number of pyridine rings is 1. The average molecular weight is 372 g/mol. The number of hydrogen-bond donors (Lipinski definition) is 1. The number of aromatic amines is 1. The van der Waals surface area contributed by atoms with Crippen molar-refractivity contribution in [1.82, 2.24) is 14.8 Å². The maximum Gasteiger partial charge on any atom is 0.280 e. The molecule has 4 rings (SSSR count). The molecule has 0 aliphatic carbocycles. The molecular formula is C19H15Cl2N3O. The van der Waals surface area contributed by atoms with Crippen molar-refractivity contribution in [1.29, 1.82) is 0 Å². The third kappa shape index (κ3) is 2.95. The number of H-pyrrole nitrogens is 1. The maximum absolute atomic E-state index is 12.8. The summed E-state index contributed by atoms with van der Waals surface area (Å²) in [7, 11) is 0. The van der Waals surface area contributed by atoms with Crippen LogP contribution in [-0.4, -0.2) is 14.8 Å². The molecule has 0 saturated carbocycles. The Labute approximate surface area is 155 Å². The van der Waals surface area contributed by atoms with Crippen LogP contribution in [-0.2, 0) is 0 Å². The topological polar surface area (TPSA) is 50.7 Å². The van der Waals surface area contributed by atoms with Gasteiger partial charge in [0.2, 0.25) is 0 Å². The fourth-order valence-corrected chi connectivity index (χ4v) is 3.02. The highest BCUT2D eigenvalue weighted by Crippen LogP contribution is 2.28. The molecule has 2 heterocycles. The first-order chi connectivity index (χ1) is 11.6. The summed E-state index contributed by atoms with van der Waals surface area (Å²) in [5.74, 6) is 0. The van der Waals surface area contributed by atoms with E-state index >= 15 is 0 Å². The summed E-state index contributed by atoms with van der Waals surface area (Å²) < 4.78 is 1.52. The summed E-state index contributed by atoms with van der Waals surface area (Å²) in [6, 6.07) is 17.1. The van der Waals surface area contributed by atoms with E-state index in [1.54, 1.807) is 18.3 Å². The fraction of sp³-hybridized carbons (Fsp3) is 0.0526. The predicted octanol–water partition coefficient (Wildman–Crippen LogP) is 4.76. The van der Waals surface area contributed by atoms with Gasteiger partial charge in [0.15, 0.2) is 0 Å². The van der Waals surface area contributed by atoms with Crippen LogP contribution in [0.25, 0.3) is 27.7 Å². The third-order valence-corrected chi connectivity index (χ3v) is 4.32. The lowest BCUT2D eigenvalue weighted by molar-refractivity contribution is 0.864. The van der Waals surface area contributed by atoms with Gasteiger partial charge in [0.05, 0.1) is 16.6 Å². The summed E-state index contributed by atoms with van der Waals surface area (Å²) in [6.45, 7) is 1.94. The molecule has 25 heavy (non-hydrogen) atoms. The number of fused-ring (bicyclic) bond motifs is 1. The number of aryl methyl sites for hydroxylation is 1. The second-order valence-corrected chi connectivity index (χ2v) is 6.04. The first kappa shape index (κ1) is 17.3. The van der Waals surface area contributed by atoms with Crippen molar-refractivity contribution < 1.29 is 0 Å². The average Bonchev–Trinajstić information content (AvgIpc) is 2.93. The van der Waals surface area contributed by atoms with Gasteiger partial charge in [-0.2, -0.15) is 0 Å². The third-order valence-electron chi connectivity index (χ3n) is 4.07. The Bertz CT molecular complexity index is 1080. The van der Waals surface area contributed by atoms with Crippen molar-refractivity contribution in [3.05, 3.63) is 81.9 Å². The summed E-state index contributed by atoms with van der Waals surface area (Å²) in [5, 5.41) is 4.42. The Hall–Kier alpha value is -2.56. The van der Waals surface area contributed by atoms with Gasteiger partial charge in [-0.15, -0.1) is 12.4 Å². The van der Waals surface area contributed by atoms with Crippen LogP contribution in [0.3, 0.4) is 0 Å². The monoisotopic (exact) mass is 371 g/mol. The Balaban J connectivity index is 0.00000182. The van der Waals surface area contributed by atoms with E-state index in [1.807, 2.05) is 49.4 Å². The highest BCUT2D eigenvalue weighted by molar-refractivity contribution is 6.30. The van der Waals surface area contributed by atoms with Crippen LogP contribution < -0.4 is 5.56 Å². The molecule has 126 valence electrons. The lowest BCUT2D eigenvalue weighted by Gasteiger charge is -2.06. The van der Waals surface area contributed by atoms with Gasteiger partial charge in [-0.1, -0.05) is 41.9 Å². The Morgan fingerprint density at radius 2 is 1.72 bits per heavy atom. The van der Waals surface area contributed by atoms with E-state index in [-0.39, 0.29) is 18.0 Å². The number of benzene rings is 2. The van der Waals surface area contributed by atoms with Gasteiger partial charge < -0.3 is 0 Å². The zero-order valence-corrected chi connectivity index (χ0v) is 14.9. The molecule has 2 aromatic heterocycles. The summed E-state index contributed by atoms with van der Waals surface area (Å²) in [6.07, 6.45) is 1.63. The molecule has 0 saturated heterocycles. The molecule has 0 radical (unpaired) electrons. The number of hydrogen-bond acceptors (Lipinski definition) is 2. The van der Waals surface area contributed by atoms with Gasteiger partial charge in [-0.25, -0.2) is 4.68 Å². The van der Waals surface area contributed by atoms with E-state index in [0.717, 1.165) is 28.0 Å². The van der Waals surface area contributed by atoms with Crippen LogP contribution in [0.2, 0.25) is 5.02 Å². The first-order valence-electron chi connectivity index (χ1n) is 7.57. The number of rotatable bonds is 2. The van der Waals surface area contributed by atoms with Gasteiger partial charge in [0.25, 0.3) is 5.56 Å². The van der Waals surface area contributed by atoms with Crippen LogP contribution in [0.4, 0.5) is 0 Å². The van der Waals surface area contributed by atoms with E-state index in [2.05, 4.69) is 10.1 Å². The summed E-state index contributed by atoms with van der Waals surface area (Å²) in [5.41, 5.74) is 4.23. The van der Waals surface area contributed by atoms with Crippen molar-refractivity contribution in [3.63, 3.8) is 0 Å². The molecule has 0 spiro atoms. The van der Waals surface area contributed by atoms with Crippen LogP contribution >= 0.6 is 24.0 Å². The first-order valence-corrected chi connectivity index (χ1v) is 7.94. The Morgan fingerprint density at radius 1 is 1.04 bits per heavy atom. The molecule has 0 aliphatic heterocycles. The lowest BCUT2D eigenvalue weighted by atomic mass is 10.0. The molecule has 4 aromatic rings. The molecule has 2 aromatic carbocycles. The normalized spacial score (nSPS) is 10.6. The standard InChI is InChI=1S/C19H14ClN3O.ClH/c1-12-17(13-5-3-2-4-6-13)18-16(11-21-12)19(24)23(22-18)15-9-7-14(20)8-10-15;/h2-11,22H,1H3;1H. The summed E-state index contributed by atoms with van der Waals surface area (Å²) >= 11 is 5.94. The van der Waals surface area contributed by atoms with Crippen LogP contribution in [0.1, 0.15) is 5.69 Å². The van der Waals surface area contributed by atoms with Gasteiger partial charge in [0.1, 0.15) is 0 Å². The van der Waals surface area contributed by atoms with Crippen molar-refractivity contribution in [2.24, 2.45) is 0 Å². The highest BCUT2D eigenvalue weighted by Gasteiger charge is 2.15. The van der Waals surface area contributed by atoms with E-state index in [1.165, 1.54) is 4.68 Å². The largest absolute Gasteiger partial charge is 0.290 e. The molecule has 0 aliphatic rings. The molecule has 4 nitrogen and oxygen atoms in total. The molecule has 1 N–H and O–H groups in total. The molecule has 0 unspecified atom stereocenters. The fourth-order valence-electron chi connectivity index (χ4n) is 2.90. The van der Waals surface area contributed by atoms with E-state index < -0.39 is 0 Å². The minimum Gasteiger partial charge on any atom is -0.290 e. The van der Waals surface area contributed by atoms with Crippen molar-refractivity contribution in [2.75, 3.05) is 0 Å². The quantitative estimate of drug-likeness (QED) is 0.551. The van der Waals surface area contributed by atoms with E-state index in [0.29, 0.717) is 10.4 Å². The van der Waals surface area contributed by atoms with Gasteiger partial charge in [0, 0.05) is 22.5 Å². The van der Waals surface area contributed by atoms with Crippen LogP contribution in [0.5, 0.6) is 0 Å². The van der Waals surface area contributed by atoms with E-state index in [4.69, 9.17) is 11.6 Å². The zero-order valence-electron chi connectivity index (χ0n) is 13.4. The number of nitrogens with zero attached hydrogens (tertiary/aromatic N) is 2. The molecule has 6 heteroatoms. The lowest BCUT2D eigenvalue weighted by Crippen LogP contribution is -2.14. The number of aromatic nitrogens is 3. The van der Waals surface area contributed by atoms with Crippen LogP contribution in [0.15, 0.2) is 65.6 Å². The Kier molecular flexibility index (Phi) is 4.66. The summed E-state index contributed by atoms with van der Waals surface area (Å²) in [4.78, 5) is 17.2.